The lowest BCUT2D eigenvalue weighted by Gasteiger charge is -2.49. The average Bonchev–Trinajstić information content (AvgIpc) is 3.17. The quantitative estimate of drug-likeness (QED) is 0.140. The van der Waals surface area contributed by atoms with E-state index in [-0.39, 0.29) is 19.8 Å². The first-order valence-electron chi connectivity index (χ1n) is 17.4. The van der Waals surface area contributed by atoms with E-state index in [1.165, 1.54) is 20.1 Å². The molecule has 2 saturated heterocycles. The van der Waals surface area contributed by atoms with E-state index in [0.717, 1.165) is 26.5 Å². The van der Waals surface area contributed by atoms with Gasteiger partial charge < -0.3 is 57.4 Å². The maximum absolute atomic E-state index is 13.3. The third kappa shape index (κ3) is 12.3. The van der Waals surface area contributed by atoms with Crippen molar-refractivity contribution in [2.24, 2.45) is 0 Å². The molecule has 4 rings (SSSR count). The fraction of sp³-hybridized carbons (Fsp3) is 0.500. The molecule has 2 heterocycles. The maximum atomic E-state index is 13.3. The van der Waals surface area contributed by atoms with Crippen molar-refractivity contribution in [3.8, 4) is 0 Å². The summed E-state index contributed by atoms with van der Waals surface area (Å²) in [6, 6.07) is 16.6. The van der Waals surface area contributed by atoms with Crippen LogP contribution in [0, 0.1) is 0 Å². The van der Waals surface area contributed by atoms with Crippen LogP contribution in [0.1, 0.15) is 31.9 Å². The monoisotopic (exact) mass is 773 g/mol. The molecule has 1 amide bonds. The van der Waals surface area contributed by atoms with Gasteiger partial charge in [0.05, 0.1) is 20.3 Å². The minimum absolute atomic E-state index is 0.0257. The molecule has 0 spiro atoms. The lowest BCUT2D eigenvalue weighted by atomic mass is 9.94. The van der Waals surface area contributed by atoms with Gasteiger partial charge in [0.25, 0.3) is 0 Å². The van der Waals surface area contributed by atoms with Crippen LogP contribution in [0.3, 0.4) is 0 Å². The Morgan fingerprint density at radius 1 is 0.709 bits per heavy atom. The van der Waals surface area contributed by atoms with Gasteiger partial charge in [-0.25, -0.2) is 9.59 Å². The Balaban J connectivity index is 1.75. The lowest BCUT2D eigenvalue weighted by molar-refractivity contribution is -0.349. The van der Waals surface area contributed by atoms with Crippen molar-refractivity contribution in [2.45, 2.75) is 95.3 Å². The van der Waals surface area contributed by atoms with Gasteiger partial charge in [-0.1, -0.05) is 66.7 Å². The molecule has 0 unspecified atom stereocenters. The number of ether oxygens (including phenoxy) is 11. The van der Waals surface area contributed by atoms with E-state index in [4.69, 9.17) is 52.1 Å². The molecule has 2 aromatic rings. The highest BCUT2D eigenvalue weighted by Crippen LogP contribution is 2.35. The molecule has 0 aliphatic carbocycles. The summed E-state index contributed by atoms with van der Waals surface area (Å²) in [4.78, 5) is 63.8. The lowest BCUT2D eigenvalue weighted by Crippen LogP contribution is -2.69. The van der Waals surface area contributed by atoms with E-state index >= 15 is 0 Å². The van der Waals surface area contributed by atoms with Crippen molar-refractivity contribution in [2.75, 3.05) is 27.4 Å². The van der Waals surface area contributed by atoms with Crippen LogP contribution in [0.25, 0.3) is 0 Å². The van der Waals surface area contributed by atoms with Crippen LogP contribution in [0.2, 0.25) is 0 Å². The van der Waals surface area contributed by atoms with E-state index < -0.39 is 97.9 Å². The SMILES string of the molecule is C=CCO[C@H]1[C@H](OCc2ccccc2)[C@@H](OC(C)=O)[C@H](O[C@H]2[C@H](OC(C)=O)[C@@H](NC(=O)OCc3ccccc3)[C@@H](OC)O[C@@H]2COC(C)=O)O[C@H]1C(=O)OC. The number of rotatable bonds is 17. The van der Waals surface area contributed by atoms with Crippen molar-refractivity contribution < 1.29 is 76.1 Å². The van der Waals surface area contributed by atoms with Crippen molar-refractivity contribution in [1.82, 2.24) is 5.32 Å². The zero-order chi connectivity index (χ0) is 39.9. The van der Waals surface area contributed by atoms with Crippen LogP contribution in [0.15, 0.2) is 73.3 Å². The molecule has 17 nitrogen and oxygen atoms in total. The normalized spacial score (nSPS) is 27.5. The molecule has 17 heteroatoms. The molecule has 2 fully saturated rings. The Bertz CT molecular complexity index is 1570. The number of hydrogen-bond donors (Lipinski definition) is 1. The Labute approximate surface area is 318 Å². The summed E-state index contributed by atoms with van der Waals surface area (Å²) in [5.41, 5.74) is 1.44. The van der Waals surface area contributed by atoms with Gasteiger partial charge in [-0.3, -0.25) is 14.4 Å². The minimum atomic E-state index is -1.69. The fourth-order valence-corrected chi connectivity index (χ4v) is 6.00. The Hall–Kier alpha value is -4.91. The van der Waals surface area contributed by atoms with E-state index in [0.29, 0.717) is 5.56 Å². The number of carbonyl (C=O) groups excluding carboxylic acids is 5. The molecular formula is C38H47NO16. The number of carbonyl (C=O) groups is 5. The highest BCUT2D eigenvalue weighted by molar-refractivity contribution is 5.76. The van der Waals surface area contributed by atoms with Crippen molar-refractivity contribution in [3.05, 3.63) is 84.4 Å². The van der Waals surface area contributed by atoms with E-state index in [1.54, 1.807) is 48.5 Å². The summed E-state index contributed by atoms with van der Waals surface area (Å²) >= 11 is 0. The van der Waals surface area contributed by atoms with Crippen LogP contribution >= 0.6 is 0 Å². The second-order valence-corrected chi connectivity index (χ2v) is 12.4. The van der Waals surface area contributed by atoms with Crippen LogP contribution in [0.5, 0.6) is 0 Å². The molecule has 55 heavy (non-hydrogen) atoms. The smallest absolute Gasteiger partial charge is 0.407 e. The number of amides is 1. The summed E-state index contributed by atoms with van der Waals surface area (Å²) in [6.45, 7) is 6.47. The summed E-state index contributed by atoms with van der Waals surface area (Å²) in [7, 11) is 2.42. The summed E-state index contributed by atoms with van der Waals surface area (Å²) < 4.78 is 63.9. The molecule has 0 aromatic heterocycles. The van der Waals surface area contributed by atoms with Gasteiger partial charge in [0, 0.05) is 27.9 Å². The molecule has 300 valence electrons. The third-order valence-electron chi connectivity index (χ3n) is 8.34. The molecule has 2 aliphatic rings. The molecular weight excluding hydrogens is 726 g/mol. The zero-order valence-corrected chi connectivity index (χ0v) is 31.2. The van der Waals surface area contributed by atoms with Crippen molar-refractivity contribution in [3.63, 3.8) is 0 Å². The number of methoxy groups -OCH3 is 2. The second kappa shape index (κ2) is 21.3. The first-order chi connectivity index (χ1) is 26.4. The summed E-state index contributed by atoms with van der Waals surface area (Å²) in [5, 5.41) is 2.62. The number of hydrogen-bond acceptors (Lipinski definition) is 16. The van der Waals surface area contributed by atoms with Crippen molar-refractivity contribution in [1.29, 1.82) is 0 Å². The standard InChI is InChI=1S/C38H47NO16/c1-7-18-47-31-32(49-19-25-14-10-8-11-15-25)34(52-24(4)42)37(55-33(31)35(43)45-5)54-29-27(21-48-22(2)40)53-36(46-6)28(30(29)51-23(3)41)39-38(44)50-20-26-16-12-9-13-17-26/h7-17,27-34,36-37H,1,18-21H2,2-6H3,(H,39,44)/t27-,28-,29-,30-,31+,32+,33-,34-,36+,37-/m1/s1. The topological polar surface area (TPSA) is 199 Å². The largest absolute Gasteiger partial charge is 0.467 e. The van der Waals surface area contributed by atoms with Crippen molar-refractivity contribution >= 4 is 30.0 Å². The van der Waals surface area contributed by atoms with Crippen LogP contribution in [-0.4, -0.2) is 119 Å². The van der Waals surface area contributed by atoms with Gasteiger partial charge >= 0.3 is 30.0 Å². The Kier molecular flexibility index (Phi) is 16.5. The summed E-state index contributed by atoms with van der Waals surface area (Å²) in [6.07, 6.45) is -12.1. The molecule has 0 radical (unpaired) electrons. The third-order valence-corrected chi connectivity index (χ3v) is 8.34. The molecule has 0 bridgehead atoms. The fourth-order valence-electron chi connectivity index (χ4n) is 6.00. The van der Waals surface area contributed by atoms with Crippen LogP contribution < -0.4 is 5.32 Å². The predicted octanol–water partition coefficient (Wildman–Crippen LogP) is 2.52. The molecule has 10 atom stereocenters. The van der Waals surface area contributed by atoms with Gasteiger partial charge in [0.2, 0.25) is 0 Å². The number of esters is 4. The van der Waals surface area contributed by atoms with Gasteiger partial charge in [0.1, 0.15) is 43.7 Å². The number of nitrogens with one attached hydrogen (secondary N) is 1. The van der Waals surface area contributed by atoms with Gasteiger partial charge in [0.15, 0.2) is 30.9 Å². The molecule has 2 aliphatic heterocycles. The Morgan fingerprint density at radius 2 is 1.33 bits per heavy atom. The average molecular weight is 774 g/mol. The zero-order valence-electron chi connectivity index (χ0n) is 31.2. The van der Waals surface area contributed by atoms with Gasteiger partial charge in [-0.15, -0.1) is 6.58 Å². The van der Waals surface area contributed by atoms with E-state index in [9.17, 15) is 24.0 Å². The van der Waals surface area contributed by atoms with E-state index in [1.807, 2.05) is 12.1 Å². The predicted molar refractivity (Wildman–Crippen MR) is 187 cm³/mol. The van der Waals surface area contributed by atoms with Gasteiger partial charge in [-0.05, 0) is 11.1 Å². The first kappa shape index (κ1) is 42.8. The highest BCUT2D eigenvalue weighted by atomic mass is 16.8. The van der Waals surface area contributed by atoms with E-state index in [2.05, 4.69) is 11.9 Å². The molecule has 1 N–H and O–H groups in total. The summed E-state index contributed by atoms with van der Waals surface area (Å²) in [5.74, 6) is -3.14. The van der Waals surface area contributed by atoms with Crippen LogP contribution in [0.4, 0.5) is 4.79 Å². The Morgan fingerprint density at radius 3 is 1.89 bits per heavy atom. The maximum Gasteiger partial charge on any atom is 0.407 e. The second-order valence-electron chi connectivity index (χ2n) is 12.4. The molecule has 2 aromatic carbocycles. The highest BCUT2D eigenvalue weighted by Gasteiger charge is 2.57. The first-order valence-corrected chi connectivity index (χ1v) is 17.4. The minimum Gasteiger partial charge on any atom is -0.467 e. The molecule has 0 saturated carbocycles. The number of alkyl carbamates (subject to hydrolysis) is 1. The number of benzene rings is 2. The van der Waals surface area contributed by atoms with Gasteiger partial charge in [-0.2, -0.15) is 0 Å². The van der Waals surface area contributed by atoms with Crippen LogP contribution in [-0.2, 0) is 84.5 Å².